The number of thiazole rings is 1. The van der Waals surface area contributed by atoms with Crippen molar-refractivity contribution in [1.82, 2.24) is 4.98 Å². The smallest absolute Gasteiger partial charge is 0.314 e. The summed E-state index contributed by atoms with van der Waals surface area (Å²) in [4.78, 5) is 44.2. The Morgan fingerprint density at radius 2 is 2.06 bits per heavy atom. The van der Waals surface area contributed by atoms with E-state index in [1.54, 1.807) is 11.1 Å². The Morgan fingerprint density at radius 3 is 2.77 bits per heavy atom. The van der Waals surface area contributed by atoms with Crippen LogP contribution in [0.1, 0.15) is 56.9 Å². The number of carbonyl (C=O) groups excluding carboxylic acids is 3. The summed E-state index contributed by atoms with van der Waals surface area (Å²) in [6.45, 7) is 1.54. The number of ether oxygens (including phenoxy) is 1. The molecule has 2 aromatic rings. The van der Waals surface area contributed by atoms with E-state index in [0.29, 0.717) is 10.7 Å². The Morgan fingerprint density at radius 1 is 1.29 bits per heavy atom. The molecule has 2 heterocycles. The van der Waals surface area contributed by atoms with Gasteiger partial charge in [-0.05, 0) is 37.5 Å². The van der Waals surface area contributed by atoms with Crippen LogP contribution < -0.4 is 10.2 Å². The summed E-state index contributed by atoms with van der Waals surface area (Å²) in [5.74, 6) is -2.79. The van der Waals surface area contributed by atoms with E-state index in [-0.39, 0.29) is 24.1 Å². The quantitative estimate of drug-likeness (QED) is 0.703. The largest absolute Gasteiger partial charge is 0.452 e. The summed E-state index contributed by atoms with van der Waals surface area (Å²) in [5.41, 5.74) is 0.735. The number of carbonyl (C=O) groups is 3. The van der Waals surface area contributed by atoms with Crippen molar-refractivity contribution in [3.05, 3.63) is 41.2 Å². The molecule has 1 aromatic heterocycles. The zero-order chi connectivity index (χ0) is 22.0. The van der Waals surface area contributed by atoms with E-state index in [1.807, 2.05) is 5.38 Å². The molecule has 164 valence electrons. The van der Waals surface area contributed by atoms with Crippen molar-refractivity contribution in [2.45, 2.75) is 63.5 Å². The molecule has 2 amide bonds. The first kappa shape index (κ1) is 21.4. The van der Waals surface area contributed by atoms with Crippen LogP contribution in [0.25, 0.3) is 0 Å². The van der Waals surface area contributed by atoms with Gasteiger partial charge in [0.05, 0.1) is 5.92 Å². The summed E-state index contributed by atoms with van der Waals surface area (Å²) >= 11 is 1.37. The number of halogens is 1. The Kier molecular flexibility index (Phi) is 6.31. The number of nitrogens with zero attached hydrogens (tertiary/aromatic N) is 2. The molecular weight excluding hydrogens is 421 g/mol. The van der Waals surface area contributed by atoms with E-state index in [2.05, 4.69) is 10.3 Å². The van der Waals surface area contributed by atoms with Gasteiger partial charge >= 0.3 is 5.97 Å². The number of hydrogen-bond donors (Lipinski definition) is 1. The molecule has 1 saturated carbocycles. The number of nitrogens with one attached hydrogen (secondary N) is 1. The maximum absolute atomic E-state index is 13.5. The number of esters is 1. The second kappa shape index (κ2) is 9.13. The molecule has 0 spiro atoms. The van der Waals surface area contributed by atoms with Crippen LogP contribution >= 0.6 is 11.3 Å². The van der Waals surface area contributed by atoms with Crippen LogP contribution in [0, 0.1) is 5.82 Å². The number of amides is 2. The minimum atomic E-state index is -1.03. The molecule has 31 heavy (non-hydrogen) atoms. The van der Waals surface area contributed by atoms with Gasteiger partial charge in [0.15, 0.2) is 11.2 Å². The van der Waals surface area contributed by atoms with E-state index < -0.39 is 29.7 Å². The fourth-order valence-electron chi connectivity index (χ4n) is 4.25. The maximum Gasteiger partial charge on any atom is 0.314 e. The maximum atomic E-state index is 13.5. The summed E-state index contributed by atoms with van der Waals surface area (Å²) in [7, 11) is 0. The van der Waals surface area contributed by atoms with Gasteiger partial charge in [0.25, 0.3) is 5.91 Å². The Hall–Kier alpha value is -2.81. The molecule has 4 rings (SSSR count). The van der Waals surface area contributed by atoms with Gasteiger partial charge in [-0.25, -0.2) is 9.37 Å². The summed E-state index contributed by atoms with van der Waals surface area (Å²) in [6, 6.07) is 3.90. The molecule has 0 unspecified atom stereocenters. The first-order valence-electron chi connectivity index (χ1n) is 10.5. The van der Waals surface area contributed by atoms with Gasteiger partial charge in [-0.2, -0.15) is 0 Å². The van der Waals surface area contributed by atoms with Gasteiger partial charge in [-0.15, -0.1) is 11.3 Å². The number of fused-ring (bicyclic) bond motifs is 1. The predicted molar refractivity (Wildman–Crippen MR) is 114 cm³/mol. The van der Waals surface area contributed by atoms with Crippen LogP contribution in [0.2, 0.25) is 0 Å². The van der Waals surface area contributed by atoms with Crippen molar-refractivity contribution < 1.29 is 23.5 Å². The van der Waals surface area contributed by atoms with Crippen molar-refractivity contribution >= 4 is 39.9 Å². The van der Waals surface area contributed by atoms with Gasteiger partial charge in [0, 0.05) is 29.7 Å². The Labute approximate surface area is 183 Å². The van der Waals surface area contributed by atoms with Crippen LogP contribution in [-0.4, -0.2) is 34.9 Å². The minimum absolute atomic E-state index is 0.0257. The van der Waals surface area contributed by atoms with Crippen molar-refractivity contribution in [1.29, 1.82) is 0 Å². The lowest BCUT2D eigenvalue weighted by Crippen LogP contribution is -2.47. The third kappa shape index (κ3) is 4.61. The Bertz CT molecular complexity index is 975. The molecule has 7 nitrogen and oxygen atoms in total. The monoisotopic (exact) mass is 445 g/mol. The number of hydrogen-bond acceptors (Lipinski definition) is 6. The van der Waals surface area contributed by atoms with E-state index >= 15 is 0 Å². The average Bonchev–Trinajstić information content (AvgIpc) is 3.28. The van der Waals surface area contributed by atoms with Crippen molar-refractivity contribution in [2.24, 2.45) is 0 Å². The molecule has 1 fully saturated rings. The molecule has 0 bridgehead atoms. The summed E-state index contributed by atoms with van der Waals surface area (Å²) < 4.78 is 19.1. The van der Waals surface area contributed by atoms with Crippen LogP contribution in [0.15, 0.2) is 29.8 Å². The first-order chi connectivity index (χ1) is 14.9. The van der Waals surface area contributed by atoms with Crippen LogP contribution in [-0.2, 0) is 19.1 Å². The molecule has 1 aromatic carbocycles. The van der Waals surface area contributed by atoms with Gasteiger partial charge < -0.3 is 10.1 Å². The highest BCUT2D eigenvalue weighted by molar-refractivity contribution is 7.13. The summed E-state index contributed by atoms with van der Waals surface area (Å²) in [5, 5.41) is 4.98. The first-order valence-corrected chi connectivity index (χ1v) is 11.3. The van der Waals surface area contributed by atoms with E-state index in [9.17, 15) is 18.8 Å². The van der Waals surface area contributed by atoms with Gasteiger partial charge in [-0.1, -0.05) is 25.3 Å². The van der Waals surface area contributed by atoms with Crippen LogP contribution in [0.4, 0.5) is 15.2 Å². The number of benzene rings is 1. The lowest BCUT2D eigenvalue weighted by Gasteiger charge is -2.34. The zero-order valence-electron chi connectivity index (χ0n) is 17.2. The molecule has 1 aliphatic heterocycles. The molecule has 0 radical (unpaired) electrons. The standard InChI is InChI=1S/C22H24FN3O4S/c1-13(20(28)26(22-24-9-10-31-22)15-5-3-2-4-6-15)30-21(29)17-12-19(27)25-18-11-14(23)7-8-16(17)18/h7-11,13,15,17H,2-6,12H2,1H3,(H,25,27)/t13-,17-/m0/s1. The lowest BCUT2D eigenvalue weighted by atomic mass is 9.90. The molecule has 1 aliphatic carbocycles. The highest BCUT2D eigenvalue weighted by atomic mass is 32.1. The lowest BCUT2D eigenvalue weighted by molar-refractivity contribution is -0.156. The van der Waals surface area contributed by atoms with Gasteiger partial charge in [0.2, 0.25) is 5.91 Å². The second-order valence-electron chi connectivity index (χ2n) is 7.93. The summed E-state index contributed by atoms with van der Waals surface area (Å²) in [6.07, 6.45) is 5.49. The number of anilines is 2. The highest BCUT2D eigenvalue weighted by Crippen LogP contribution is 2.34. The molecular formula is C22H24FN3O4S. The van der Waals surface area contributed by atoms with Gasteiger partial charge in [0.1, 0.15) is 5.82 Å². The average molecular weight is 446 g/mol. The predicted octanol–water partition coefficient (Wildman–Crippen LogP) is 4.01. The number of aromatic nitrogens is 1. The molecule has 2 atom stereocenters. The van der Waals surface area contributed by atoms with Crippen molar-refractivity contribution in [3.8, 4) is 0 Å². The number of rotatable bonds is 5. The van der Waals surface area contributed by atoms with Crippen molar-refractivity contribution in [3.63, 3.8) is 0 Å². The third-order valence-electron chi connectivity index (χ3n) is 5.78. The van der Waals surface area contributed by atoms with E-state index in [4.69, 9.17) is 4.74 Å². The molecule has 0 saturated heterocycles. The third-order valence-corrected chi connectivity index (χ3v) is 6.55. The van der Waals surface area contributed by atoms with E-state index in [0.717, 1.165) is 32.1 Å². The fraction of sp³-hybridized carbons (Fsp3) is 0.455. The molecule has 9 heteroatoms. The normalized spacial score (nSPS) is 19.8. The van der Waals surface area contributed by atoms with Crippen LogP contribution in [0.5, 0.6) is 0 Å². The highest BCUT2D eigenvalue weighted by Gasteiger charge is 2.37. The SMILES string of the molecule is C[C@H](OC(=O)[C@H]1CC(=O)Nc2cc(F)ccc21)C(=O)N(c1nccs1)C1CCCCC1. The second-order valence-corrected chi connectivity index (χ2v) is 8.80. The molecule has 1 N–H and O–H groups in total. The van der Waals surface area contributed by atoms with Crippen molar-refractivity contribution in [2.75, 3.05) is 10.2 Å². The minimum Gasteiger partial charge on any atom is -0.452 e. The van der Waals surface area contributed by atoms with Gasteiger partial charge in [-0.3, -0.25) is 19.3 Å². The topological polar surface area (TPSA) is 88.6 Å². The fourth-order valence-corrected chi connectivity index (χ4v) is 4.97. The van der Waals surface area contributed by atoms with E-state index in [1.165, 1.54) is 36.5 Å². The molecule has 2 aliphatic rings. The Balaban J connectivity index is 1.51. The van der Waals surface area contributed by atoms with Crippen LogP contribution in [0.3, 0.4) is 0 Å². The zero-order valence-corrected chi connectivity index (χ0v) is 18.0.